The van der Waals surface area contributed by atoms with Crippen molar-refractivity contribution in [2.75, 3.05) is 5.32 Å². The number of pyridine rings is 2. The van der Waals surface area contributed by atoms with E-state index in [0.717, 1.165) is 49.2 Å². The molecule has 7 nitrogen and oxygen atoms in total. The van der Waals surface area contributed by atoms with E-state index in [1.54, 1.807) is 6.20 Å². The average molecular weight is 473 g/mol. The summed E-state index contributed by atoms with van der Waals surface area (Å²) in [5, 5.41) is 16.8. The molecule has 0 aliphatic heterocycles. The second kappa shape index (κ2) is 9.54. The highest BCUT2D eigenvalue weighted by Gasteiger charge is 2.31. The van der Waals surface area contributed by atoms with E-state index in [1.165, 1.54) is 16.9 Å². The van der Waals surface area contributed by atoms with E-state index in [4.69, 9.17) is 0 Å². The van der Waals surface area contributed by atoms with Gasteiger partial charge in [0.05, 0.1) is 41.0 Å². The lowest BCUT2D eigenvalue weighted by molar-refractivity contribution is -0.137. The van der Waals surface area contributed by atoms with Gasteiger partial charge in [0.2, 0.25) is 0 Å². The number of hydrogen-bond donors (Lipinski definition) is 2. The monoisotopic (exact) mass is 473 g/mol. The van der Waals surface area contributed by atoms with Crippen LogP contribution in [0.1, 0.15) is 71.4 Å². The van der Waals surface area contributed by atoms with Crippen molar-refractivity contribution in [3.63, 3.8) is 0 Å². The number of carbonyl (C=O) groups is 1. The number of aromatic nitrogens is 4. The van der Waals surface area contributed by atoms with Crippen LogP contribution in [-0.4, -0.2) is 36.9 Å². The third kappa shape index (κ3) is 4.96. The van der Waals surface area contributed by atoms with Crippen LogP contribution in [-0.2, 0) is 12.6 Å². The Kier molecular flexibility index (Phi) is 6.70. The molecule has 1 aliphatic rings. The minimum atomic E-state index is -4.48. The summed E-state index contributed by atoms with van der Waals surface area (Å²) in [6.07, 6.45) is 2.78. The number of nitrogens with zero attached hydrogens (tertiary/aromatic N) is 4. The molecule has 0 radical (unpaired) electrons. The van der Waals surface area contributed by atoms with Gasteiger partial charge in [0.25, 0.3) is 5.91 Å². The summed E-state index contributed by atoms with van der Waals surface area (Å²) in [5.74, 6) is 0.113. The first-order valence-electron chi connectivity index (χ1n) is 11.2. The Morgan fingerprint density at radius 3 is 2.47 bits per heavy atom. The molecule has 3 heterocycles. The first-order chi connectivity index (χ1) is 16.2. The van der Waals surface area contributed by atoms with Crippen LogP contribution in [0.5, 0.6) is 0 Å². The van der Waals surface area contributed by atoms with Gasteiger partial charge in [-0.25, -0.2) is 9.67 Å². The van der Waals surface area contributed by atoms with Crippen LogP contribution in [0.15, 0.2) is 36.8 Å². The number of aliphatic hydroxyl groups excluding tert-OH is 1. The first-order valence-corrected chi connectivity index (χ1v) is 11.2. The number of anilines is 1. The number of nitrogens with one attached hydrogen (secondary N) is 1. The molecule has 4 rings (SSSR count). The summed E-state index contributed by atoms with van der Waals surface area (Å²) in [7, 11) is 0. The second-order valence-corrected chi connectivity index (χ2v) is 8.56. The van der Waals surface area contributed by atoms with Crippen molar-refractivity contribution in [2.45, 2.75) is 64.1 Å². The van der Waals surface area contributed by atoms with Crippen LogP contribution in [0.2, 0.25) is 0 Å². The van der Waals surface area contributed by atoms with Crippen LogP contribution >= 0.6 is 0 Å². The highest BCUT2D eigenvalue weighted by Crippen LogP contribution is 2.34. The predicted octanol–water partition coefficient (Wildman–Crippen LogP) is 4.82. The molecular formula is C24H26F3N5O2. The molecule has 1 aliphatic carbocycles. The summed E-state index contributed by atoms with van der Waals surface area (Å²) in [5.41, 5.74) is 2.50. The van der Waals surface area contributed by atoms with E-state index in [-0.39, 0.29) is 17.8 Å². The Morgan fingerprint density at radius 1 is 1.15 bits per heavy atom. The van der Waals surface area contributed by atoms with Gasteiger partial charge in [0.1, 0.15) is 0 Å². The van der Waals surface area contributed by atoms with Gasteiger partial charge in [-0.1, -0.05) is 6.92 Å². The van der Waals surface area contributed by atoms with Crippen molar-refractivity contribution in [1.29, 1.82) is 0 Å². The van der Waals surface area contributed by atoms with Gasteiger partial charge < -0.3 is 10.4 Å². The van der Waals surface area contributed by atoms with Crippen molar-refractivity contribution >= 4 is 11.6 Å². The molecule has 0 unspecified atom stereocenters. The van der Waals surface area contributed by atoms with Gasteiger partial charge in [-0.05, 0) is 62.8 Å². The molecule has 0 atom stereocenters. The fourth-order valence-corrected chi connectivity index (χ4v) is 4.41. The summed E-state index contributed by atoms with van der Waals surface area (Å²) >= 11 is 0. The quantitative estimate of drug-likeness (QED) is 0.554. The van der Waals surface area contributed by atoms with E-state index < -0.39 is 11.7 Å². The van der Waals surface area contributed by atoms with E-state index in [0.29, 0.717) is 29.3 Å². The zero-order chi connectivity index (χ0) is 24.5. The number of alkyl halides is 3. The zero-order valence-corrected chi connectivity index (χ0v) is 18.9. The van der Waals surface area contributed by atoms with Gasteiger partial charge >= 0.3 is 6.18 Å². The summed E-state index contributed by atoms with van der Waals surface area (Å²) in [6, 6.07) is 4.04. The number of halogens is 3. The Hall–Kier alpha value is -3.27. The highest BCUT2D eigenvalue weighted by molar-refractivity contribution is 6.05. The van der Waals surface area contributed by atoms with E-state index in [1.807, 2.05) is 19.9 Å². The van der Waals surface area contributed by atoms with Crippen LogP contribution < -0.4 is 5.32 Å². The topological polar surface area (TPSA) is 92.9 Å². The molecule has 1 amide bonds. The normalized spacial score (nSPS) is 18.6. The van der Waals surface area contributed by atoms with E-state index in [2.05, 4.69) is 20.4 Å². The van der Waals surface area contributed by atoms with Gasteiger partial charge in [0, 0.05) is 17.8 Å². The average Bonchev–Trinajstić information content (AvgIpc) is 3.24. The maximum atomic E-state index is 13.0. The number of hydrogen-bond acceptors (Lipinski definition) is 5. The highest BCUT2D eigenvalue weighted by atomic mass is 19.4. The summed E-state index contributed by atoms with van der Waals surface area (Å²) < 4.78 is 39.9. The molecule has 3 aromatic heterocycles. The molecule has 2 N–H and O–H groups in total. The molecule has 0 aromatic carbocycles. The number of rotatable bonds is 5. The maximum absolute atomic E-state index is 13.0. The van der Waals surface area contributed by atoms with Crippen molar-refractivity contribution in [2.24, 2.45) is 0 Å². The third-order valence-electron chi connectivity index (χ3n) is 6.20. The molecule has 180 valence electrons. The molecule has 0 bridgehead atoms. The van der Waals surface area contributed by atoms with Crippen LogP contribution in [0.3, 0.4) is 0 Å². The summed E-state index contributed by atoms with van der Waals surface area (Å²) in [4.78, 5) is 21.4. The maximum Gasteiger partial charge on any atom is 0.417 e. The molecule has 0 spiro atoms. The predicted molar refractivity (Wildman–Crippen MR) is 120 cm³/mol. The van der Waals surface area contributed by atoms with Gasteiger partial charge in [0.15, 0.2) is 5.82 Å². The lowest BCUT2D eigenvalue weighted by Crippen LogP contribution is -2.19. The van der Waals surface area contributed by atoms with Crippen LogP contribution in [0.25, 0.3) is 5.82 Å². The van der Waals surface area contributed by atoms with Crippen molar-refractivity contribution in [1.82, 2.24) is 19.7 Å². The second-order valence-electron chi connectivity index (χ2n) is 8.56. The zero-order valence-electron chi connectivity index (χ0n) is 18.9. The van der Waals surface area contributed by atoms with Crippen molar-refractivity contribution < 1.29 is 23.1 Å². The molecule has 3 aromatic rings. The van der Waals surface area contributed by atoms with E-state index >= 15 is 0 Å². The standard InChI is InChI=1S/C24H26F3N5O2/c1-3-20-19(13-30-32(20)21-9-6-16(11-28-21)24(25,26)27)23(34)31-17-10-14(2)22(29-12-17)15-4-7-18(33)8-5-15/h6,9-13,15,18,33H,3-5,7-8H2,1-2H3,(H,31,34). The minimum Gasteiger partial charge on any atom is -0.393 e. The number of aryl methyl sites for hydroxylation is 1. The molecule has 34 heavy (non-hydrogen) atoms. The van der Waals surface area contributed by atoms with E-state index in [9.17, 15) is 23.1 Å². The molecule has 10 heteroatoms. The van der Waals surface area contributed by atoms with Crippen LogP contribution in [0.4, 0.5) is 18.9 Å². The van der Waals surface area contributed by atoms with Gasteiger partial charge in [-0.15, -0.1) is 0 Å². The van der Waals surface area contributed by atoms with Gasteiger partial charge in [-0.2, -0.15) is 18.3 Å². The number of amides is 1. The molecule has 1 saturated carbocycles. The smallest absolute Gasteiger partial charge is 0.393 e. The SMILES string of the molecule is CCc1c(C(=O)Nc2cnc(C3CCC(O)CC3)c(C)c2)cnn1-c1ccc(C(F)(F)F)cn1. The fraction of sp³-hybridized carbons (Fsp3) is 0.417. The first kappa shape index (κ1) is 23.9. The van der Waals surface area contributed by atoms with Crippen molar-refractivity contribution in [3.8, 4) is 5.82 Å². The molecule has 1 fully saturated rings. The Labute approximate surface area is 195 Å². The number of aliphatic hydroxyl groups is 1. The largest absolute Gasteiger partial charge is 0.417 e. The van der Waals surface area contributed by atoms with Crippen molar-refractivity contribution in [3.05, 3.63) is 64.9 Å². The molecular weight excluding hydrogens is 447 g/mol. The minimum absolute atomic E-state index is 0.198. The number of carbonyl (C=O) groups excluding carboxylic acids is 1. The Balaban J connectivity index is 1.51. The Bertz CT molecular complexity index is 1170. The fourth-order valence-electron chi connectivity index (χ4n) is 4.41. The lowest BCUT2D eigenvalue weighted by atomic mass is 9.84. The van der Waals surface area contributed by atoms with Crippen LogP contribution in [0, 0.1) is 6.92 Å². The van der Waals surface area contributed by atoms with Gasteiger partial charge in [-0.3, -0.25) is 9.78 Å². The summed E-state index contributed by atoms with van der Waals surface area (Å²) in [6.45, 7) is 3.78. The third-order valence-corrected chi connectivity index (χ3v) is 6.20. The lowest BCUT2D eigenvalue weighted by Gasteiger charge is -2.26. The Morgan fingerprint density at radius 2 is 1.88 bits per heavy atom. The molecule has 0 saturated heterocycles.